The largest absolute Gasteiger partial charge is 0.480 e. The van der Waals surface area contributed by atoms with Crippen LogP contribution in [0.1, 0.15) is 32.6 Å². The standard InChI is InChI=1S/C9H17NO2/c1-2-3-4-7-5-8(9(11)12)10-6-7/h7-8,10H,2-6H2,1H3,(H,11,12)/t7-,8-/m0/s1. The number of nitrogens with one attached hydrogen (secondary N) is 1. The van der Waals surface area contributed by atoms with Crippen LogP contribution < -0.4 is 5.32 Å². The van der Waals surface area contributed by atoms with Crippen molar-refractivity contribution in [2.75, 3.05) is 6.54 Å². The smallest absolute Gasteiger partial charge is 0.320 e. The minimum atomic E-state index is -0.700. The number of unbranched alkanes of at least 4 members (excludes halogenated alkanes) is 1. The van der Waals surface area contributed by atoms with E-state index in [1.54, 1.807) is 0 Å². The van der Waals surface area contributed by atoms with Gasteiger partial charge in [-0.15, -0.1) is 0 Å². The number of rotatable bonds is 4. The molecule has 0 spiro atoms. The molecule has 0 bridgehead atoms. The Hall–Kier alpha value is -0.570. The summed E-state index contributed by atoms with van der Waals surface area (Å²) >= 11 is 0. The second-order valence-electron chi connectivity index (χ2n) is 3.54. The lowest BCUT2D eigenvalue weighted by atomic mass is 9.99. The maximum atomic E-state index is 10.6. The van der Waals surface area contributed by atoms with Crippen LogP contribution in [0.15, 0.2) is 0 Å². The average Bonchev–Trinajstić information content (AvgIpc) is 2.48. The molecule has 3 nitrogen and oxygen atoms in total. The predicted octanol–water partition coefficient (Wildman–Crippen LogP) is 1.24. The van der Waals surface area contributed by atoms with Gasteiger partial charge in [0, 0.05) is 0 Å². The molecule has 0 aromatic heterocycles. The second-order valence-corrected chi connectivity index (χ2v) is 3.54. The zero-order valence-corrected chi connectivity index (χ0v) is 7.55. The molecular formula is C9H17NO2. The highest BCUT2D eigenvalue weighted by atomic mass is 16.4. The fourth-order valence-electron chi connectivity index (χ4n) is 1.71. The van der Waals surface area contributed by atoms with Crippen LogP contribution in [-0.2, 0) is 4.79 Å². The van der Waals surface area contributed by atoms with Crippen molar-refractivity contribution in [3.63, 3.8) is 0 Å². The van der Waals surface area contributed by atoms with Gasteiger partial charge in [-0.05, 0) is 25.3 Å². The molecule has 1 heterocycles. The Bertz CT molecular complexity index is 159. The first-order chi connectivity index (χ1) is 5.74. The molecule has 0 aromatic rings. The van der Waals surface area contributed by atoms with Gasteiger partial charge in [0.2, 0.25) is 0 Å². The SMILES string of the molecule is CCCC[C@@H]1CN[C@H](C(=O)O)C1. The fraction of sp³-hybridized carbons (Fsp3) is 0.889. The number of carboxylic acids is 1. The molecule has 0 aromatic carbocycles. The second kappa shape index (κ2) is 4.45. The van der Waals surface area contributed by atoms with Gasteiger partial charge in [-0.2, -0.15) is 0 Å². The summed E-state index contributed by atoms with van der Waals surface area (Å²) in [5.41, 5.74) is 0. The first-order valence-corrected chi connectivity index (χ1v) is 4.70. The lowest BCUT2D eigenvalue weighted by Gasteiger charge is -2.05. The monoisotopic (exact) mass is 171 g/mol. The van der Waals surface area contributed by atoms with Crippen molar-refractivity contribution in [3.8, 4) is 0 Å². The van der Waals surface area contributed by atoms with Crippen LogP contribution in [0.5, 0.6) is 0 Å². The summed E-state index contributed by atoms with van der Waals surface area (Å²) in [6.07, 6.45) is 4.41. The molecule has 1 saturated heterocycles. The molecule has 2 atom stereocenters. The van der Waals surface area contributed by atoms with Crippen molar-refractivity contribution in [1.82, 2.24) is 5.32 Å². The van der Waals surface area contributed by atoms with Crippen LogP contribution >= 0.6 is 0 Å². The highest BCUT2D eigenvalue weighted by Crippen LogP contribution is 2.19. The van der Waals surface area contributed by atoms with Gasteiger partial charge in [-0.3, -0.25) is 4.79 Å². The molecule has 1 aliphatic rings. The Morgan fingerprint density at radius 1 is 1.67 bits per heavy atom. The molecule has 0 amide bonds. The molecule has 0 radical (unpaired) electrons. The van der Waals surface area contributed by atoms with Gasteiger partial charge in [0.25, 0.3) is 0 Å². The van der Waals surface area contributed by atoms with Crippen molar-refractivity contribution < 1.29 is 9.90 Å². The first-order valence-electron chi connectivity index (χ1n) is 4.70. The van der Waals surface area contributed by atoms with E-state index >= 15 is 0 Å². The van der Waals surface area contributed by atoms with E-state index in [4.69, 9.17) is 5.11 Å². The molecule has 3 heteroatoms. The van der Waals surface area contributed by atoms with E-state index in [2.05, 4.69) is 12.2 Å². The lowest BCUT2D eigenvalue weighted by Crippen LogP contribution is -2.29. The van der Waals surface area contributed by atoms with Crippen molar-refractivity contribution >= 4 is 5.97 Å². The van der Waals surface area contributed by atoms with Crippen LogP contribution in [0.4, 0.5) is 0 Å². The van der Waals surface area contributed by atoms with E-state index in [1.807, 2.05) is 0 Å². The molecule has 0 aliphatic carbocycles. The Kier molecular flexibility index (Phi) is 3.53. The third-order valence-corrected chi connectivity index (χ3v) is 2.49. The Morgan fingerprint density at radius 2 is 2.42 bits per heavy atom. The van der Waals surface area contributed by atoms with E-state index in [-0.39, 0.29) is 6.04 Å². The minimum absolute atomic E-state index is 0.285. The van der Waals surface area contributed by atoms with Crippen LogP contribution in [0.2, 0.25) is 0 Å². The third-order valence-electron chi connectivity index (χ3n) is 2.49. The van der Waals surface area contributed by atoms with E-state index in [9.17, 15) is 4.79 Å². The molecule has 1 fully saturated rings. The van der Waals surface area contributed by atoms with Gasteiger partial charge in [0.05, 0.1) is 0 Å². The van der Waals surface area contributed by atoms with Gasteiger partial charge in [0.1, 0.15) is 6.04 Å². The Balaban J connectivity index is 2.21. The average molecular weight is 171 g/mol. The number of carbonyl (C=O) groups is 1. The molecule has 12 heavy (non-hydrogen) atoms. The first kappa shape index (κ1) is 9.52. The summed E-state index contributed by atoms with van der Waals surface area (Å²) in [7, 11) is 0. The number of carboxylic acid groups (broad SMARTS) is 1. The maximum absolute atomic E-state index is 10.6. The number of aliphatic carboxylic acids is 1. The van der Waals surface area contributed by atoms with Crippen LogP contribution in [-0.4, -0.2) is 23.7 Å². The topological polar surface area (TPSA) is 49.3 Å². The molecule has 0 saturated carbocycles. The summed E-state index contributed by atoms with van der Waals surface area (Å²) < 4.78 is 0. The van der Waals surface area contributed by atoms with E-state index in [0.29, 0.717) is 5.92 Å². The van der Waals surface area contributed by atoms with Crippen LogP contribution in [0.25, 0.3) is 0 Å². The van der Waals surface area contributed by atoms with Crippen LogP contribution in [0, 0.1) is 5.92 Å². The highest BCUT2D eigenvalue weighted by Gasteiger charge is 2.28. The van der Waals surface area contributed by atoms with Crippen molar-refractivity contribution in [3.05, 3.63) is 0 Å². The summed E-state index contributed by atoms with van der Waals surface area (Å²) in [6, 6.07) is -0.285. The van der Waals surface area contributed by atoms with Gasteiger partial charge in [0.15, 0.2) is 0 Å². The quantitative estimate of drug-likeness (QED) is 0.669. The molecule has 0 unspecified atom stereocenters. The zero-order valence-electron chi connectivity index (χ0n) is 7.55. The number of hydrogen-bond acceptors (Lipinski definition) is 2. The zero-order chi connectivity index (χ0) is 8.97. The van der Waals surface area contributed by atoms with Gasteiger partial charge >= 0.3 is 5.97 Å². The third kappa shape index (κ3) is 2.48. The highest BCUT2D eigenvalue weighted by molar-refractivity contribution is 5.73. The van der Waals surface area contributed by atoms with E-state index < -0.39 is 5.97 Å². The molecular weight excluding hydrogens is 154 g/mol. The summed E-state index contributed by atoms with van der Waals surface area (Å²) in [4.78, 5) is 10.6. The molecule has 1 aliphatic heterocycles. The molecule has 1 rings (SSSR count). The van der Waals surface area contributed by atoms with Gasteiger partial charge in [-0.25, -0.2) is 0 Å². The fourth-order valence-corrected chi connectivity index (χ4v) is 1.71. The molecule has 2 N–H and O–H groups in total. The van der Waals surface area contributed by atoms with Gasteiger partial charge in [-0.1, -0.05) is 19.8 Å². The Labute approximate surface area is 73.2 Å². The number of hydrogen-bond donors (Lipinski definition) is 2. The molecule has 70 valence electrons. The summed E-state index contributed by atoms with van der Waals surface area (Å²) in [5, 5.41) is 11.7. The predicted molar refractivity (Wildman–Crippen MR) is 47.1 cm³/mol. The normalized spacial score (nSPS) is 29.1. The van der Waals surface area contributed by atoms with Crippen LogP contribution in [0.3, 0.4) is 0 Å². The summed E-state index contributed by atoms with van der Waals surface area (Å²) in [5.74, 6) is -0.111. The van der Waals surface area contributed by atoms with Crippen molar-refractivity contribution in [2.24, 2.45) is 5.92 Å². The van der Waals surface area contributed by atoms with Crippen molar-refractivity contribution in [1.29, 1.82) is 0 Å². The van der Waals surface area contributed by atoms with E-state index in [0.717, 1.165) is 13.0 Å². The lowest BCUT2D eigenvalue weighted by molar-refractivity contribution is -0.139. The minimum Gasteiger partial charge on any atom is -0.480 e. The van der Waals surface area contributed by atoms with Gasteiger partial charge < -0.3 is 10.4 Å². The van der Waals surface area contributed by atoms with E-state index in [1.165, 1.54) is 19.3 Å². The van der Waals surface area contributed by atoms with Crippen molar-refractivity contribution in [2.45, 2.75) is 38.6 Å². The maximum Gasteiger partial charge on any atom is 0.320 e. The summed E-state index contributed by atoms with van der Waals surface area (Å²) in [6.45, 7) is 3.05. The Morgan fingerprint density at radius 3 is 2.92 bits per heavy atom.